The summed E-state index contributed by atoms with van der Waals surface area (Å²) in [6, 6.07) is 22.6. The van der Waals surface area contributed by atoms with E-state index < -0.39 is 11.6 Å². The summed E-state index contributed by atoms with van der Waals surface area (Å²) in [5, 5.41) is 9.66. The fourth-order valence-electron chi connectivity index (χ4n) is 4.31. The number of hydrogen-bond acceptors (Lipinski definition) is 6. The third-order valence-corrected chi connectivity index (χ3v) is 7.30. The molecule has 1 aliphatic heterocycles. The van der Waals surface area contributed by atoms with Gasteiger partial charge in [-0.25, -0.2) is 10.4 Å². The van der Waals surface area contributed by atoms with Gasteiger partial charge >= 0.3 is 0 Å². The molecule has 0 fully saturated rings. The second-order valence-electron chi connectivity index (χ2n) is 9.06. The Morgan fingerprint density at radius 1 is 1.15 bits per heavy atom. The Balaban J connectivity index is 1.57. The molecule has 0 aliphatic carbocycles. The van der Waals surface area contributed by atoms with E-state index in [1.165, 1.54) is 0 Å². The summed E-state index contributed by atoms with van der Waals surface area (Å²) in [6.45, 7) is 4.92. The number of carbonyl (C=O) groups is 1. The average Bonchev–Trinajstić information content (AvgIpc) is 3.33. The summed E-state index contributed by atoms with van der Waals surface area (Å²) < 4.78 is 12.9. The van der Waals surface area contributed by atoms with E-state index in [1.54, 1.807) is 6.08 Å². The molecule has 9 heteroatoms. The lowest BCUT2D eigenvalue weighted by Gasteiger charge is -2.30. The molecule has 204 valence electrons. The first-order valence-corrected chi connectivity index (χ1v) is 13.9. The molecule has 0 saturated carbocycles. The van der Waals surface area contributed by atoms with Gasteiger partial charge in [0.15, 0.2) is 11.6 Å². The molecule has 0 radical (unpaired) electrons. The first-order valence-electron chi connectivity index (χ1n) is 12.7. The van der Waals surface area contributed by atoms with Gasteiger partial charge in [0.05, 0.1) is 6.61 Å². The summed E-state index contributed by atoms with van der Waals surface area (Å²) in [7, 11) is 0. The van der Waals surface area contributed by atoms with Crippen molar-refractivity contribution in [2.75, 3.05) is 19.8 Å². The number of carbonyl (C=O) groups excluding carboxylic acids is 1. The van der Waals surface area contributed by atoms with Crippen LogP contribution in [-0.4, -0.2) is 42.2 Å². The van der Waals surface area contributed by atoms with E-state index in [-0.39, 0.29) is 18.9 Å². The third kappa shape index (κ3) is 7.08. The number of rotatable bonds is 13. The second kappa shape index (κ2) is 13.8. The molecule has 3 N–H and O–H groups in total. The maximum atomic E-state index is 13.8. The van der Waals surface area contributed by atoms with Crippen LogP contribution in [0.4, 0.5) is 0 Å². The Labute approximate surface area is 242 Å². The van der Waals surface area contributed by atoms with Crippen LogP contribution < -0.4 is 15.6 Å². The Morgan fingerprint density at radius 2 is 1.90 bits per heavy atom. The number of ether oxygens (including phenoxy) is 2. The zero-order valence-electron chi connectivity index (χ0n) is 21.4. The highest BCUT2D eigenvalue weighted by Crippen LogP contribution is 2.44. The monoisotopic (exact) mass is 611 g/mol. The topological polar surface area (TPSA) is 92.2 Å². The van der Waals surface area contributed by atoms with Gasteiger partial charge in [-0.3, -0.25) is 10.2 Å². The van der Waals surface area contributed by atoms with Crippen LogP contribution in [0.1, 0.15) is 35.6 Å². The molecule has 0 bridgehead atoms. The van der Waals surface area contributed by atoms with Crippen molar-refractivity contribution in [3.8, 4) is 5.75 Å². The van der Waals surface area contributed by atoms with Crippen LogP contribution in [0.25, 0.3) is 0 Å². The quantitative estimate of drug-likeness (QED) is 0.134. The zero-order valence-corrected chi connectivity index (χ0v) is 23.7. The second-order valence-corrected chi connectivity index (χ2v) is 10.4. The van der Waals surface area contributed by atoms with E-state index in [4.69, 9.17) is 31.2 Å². The van der Waals surface area contributed by atoms with Gasteiger partial charge in [-0.1, -0.05) is 63.9 Å². The molecule has 0 spiro atoms. The molecule has 0 aromatic heterocycles. The predicted octanol–water partition coefficient (Wildman–Crippen LogP) is 5.56. The van der Waals surface area contributed by atoms with Crippen molar-refractivity contribution in [2.45, 2.75) is 30.9 Å². The minimum Gasteiger partial charge on any atom is -0.494 e. The van der Waals surface area contributed by atoms with Crippen LogP contribution >= 0.6 is 27.5 Å². The van der Waals surface area contributed by atoms with Gasteiger partial charge < -0.3 is 14.6 Å². The number of nitrogens with one attached hydrogen (secondary N) is 2. The van der Waals surface area contributed by atoms with E-state index >= 15 is 0 Å². The number of hydrazine groups is 1. The Hall–Kier alpha value is -3.17. The van der Waals surface area contributed by atoms with Crippen LogP contribution in [0, 0.1) is 0 Å². The Bertz CT molecular complexity index is 1300. The first-order chi connectivity index (χ1) is 19.0. The summed E-state index contributed by atoms with van der Waals surface area (Å²) in [4.78, 5) is 18.7. The average molecular weight is 613 g/mol. The minimum atomic E-state index is -1.29. The largest absolute Gasteiger partial charge is 0.494 e. The van der Waals surface area contributed by atoms with Crippen molar-refractivity contribution in [1.29, 1.82) is 0 Å². The van der Waals surface area contributed by atoms with Crippen LogP contribution in [0.2, 0.25) is 5.02 Å². The molecule has 0 saturated heterocycles. The summed E-state index contributed by atoms with van der Waals surface area (Å²) >= 11 is 9.59. The van der Waals surface area contributed by atoms with Crippen LogP contribution in [0.5, 0.6) is 5.75 Å². The SMILES string of the molecule is C=CC[C@]1(C(=O)NNCCc2ccc(Cl)cc2)N=C(c2ccc(OCCCO)cc2)O[C@H]1c1ccccc1Br. The number of hydrogen-bond donors (Lipinski definition) is 3. The lowest BCUT2D eigenvalue weighted by molar-refractivity contribution is -0.129. The van der Waals surface area contributed by atoms with Crippen LogP contribution in [0.15, 0.2) is 94.9 Å². The Kier molecular flexibility index (Phi) is 10.2. The van der Waals surface area contributed by atoms with Crippen molar-refractivity contribution in [3.63, 3.8) is 0 Å². The van der Waals surface area contributed by atoms with Crippen molar-refractivity contribution < 1.29 is 19.4 Å². The van der Waals surface area contributed by atoms with Crippen molar-refractivity contribution in [1.82, 2.24) is 10.9 Å². The normalized spacial score (nSPS) is 18.2. The van der Waals surface area contributed by atoms with E-state index in [0.717, 1.165) is 21.2 Å². The number of aliphatic imine (C=N–C) groups is 1. The van der Waals surface area contributed by atoms with Crippen molar-refractivity contribution in [2.24, 2.45) is 4.99 Å². The lowest BCUT2D eigenvalue weighted by Crippen LogP contribution is -2.52. The molecule has 3 aromatic carbocycles. The van der Waals surface area contributed by atoms with Crippen molar-refractivity contribution >= 4 is 39.3 Å². The number of benzene rings is 3. The van der Waals surface area contributed by atoms with Gasteiger partial charge in [-0.15, -0.1) is 6.58 Å². The fourth-order valence-corrected chi connectivity index (χ4v) is 4.93. The van der Waals surface area contributed by atoms with Gasteiger partial charge in [0.1, 0.15) is 5.75 Å². The van der Waals surface area contributed by atoms with Gasteiger partial charge in [0.25, 0.3) is 5.91 Å². The number of halogens is 2. The minimum absolute atomic E-state index is 0.0720. The molecule has 39 heavy (non-hydrogen) atoms. The highest BCUT2D eigenvalue weighted by atomic mass is 79.9. The van der Waals surface area contributed by atoms with Gasteiger partial charge in [0.2, 0.25) is 5.90 Å². The van der Waals surface area contributed by atoms with Gasteiger partial charge in [-0.05, 0) is 54.4 Å². The van der Waals surface area contributed by atoms with E-state index in [1.807, 2.05) is 72.8 Å². The molecule has 7 nitrogen and oxygen atoms in total. The molecule has 1 aliphatic rings. The van der Waals surface area contributed by atoms with E-state index in [0.29, 0.717) is 42.7 Å². The molecule has 1 heterocycles. The van der Waals surface area contributed by atoms with Gasteiger partial charge in [-0.2, -0.15) is 0 Å². The smallest absolute Gasteiger partial charge is 0.266 e. The first kappa shape index (κ1) is 28.8. The molecular weight excluding hydrogens is 582 g/mol. The number of nitrogens with zero attached hydrogens (tertiary/aromatic N) is 1. The van der Waals surface area contributed by atoms with E-state index in [9.17, 15) is 4.79 Å². The standard InChI is InChI=1S/C30H31BrClN3O4/c1-2-17-30(29(37)35-33-18-16-21-8-12-23(32)13-9-21)27(25-6-3-4-7-26(25)31)39-28(34-30)22-10-14-24(15-11-22)38-20-5-19-36/h2-4,6-15,27,33,36H,1,5,16-20H2,(H,35,37)/t27-,30-/m0/s1. The molecule has 2 atom stereocenters. The number of amides is 1. The Morgan fingerprint density at radius 3 is 2.59 bits per heavy atom. The molecular formula is C30H31BrClN3O4. The summed E-state index contributed by atoms with van der Waals surface area (Å²) in [6.07, 6.45) is 2.51. The molecule has 4 rings (SSSR count). The zero-order chi connectivity index (χ0) is 27.7. The highest BCUT2D eigenvalue weighted by Gasteiger charge is 2.53. The molecule has 3 aromatic rings. The highest BCUT2D eigenvalue weighted by molar-refractivity contribution is 9.10. The summed E-state index contributed by atoms with van der Waals surface area (Å²) in [5.74, 6) is 0.710. The molecule has 0 unspecified atom stereocenters. The maximum absolute atomic E-state index is 13.8. The van der Waals surface area contributed by atoms with E-state index in [2.05, 4.69) is 33.4 Å². The molecule has 1 amide bonds. The van der Waals surface area contributed by atoms with Gasteiger partial charge in [0, 0.05) is 46.6 Å². The van der Waals surface area contributed by atoms with Crippen molar-refractivity contribution in [3.05, 3.63) is 112 Å². The fraction of sp³-hybridized carbons (Fsp3) is 0.267. The summed E-state index contributed by atoms with van der Waals surface area (Å²) in [5.41, 5.74) is 7.23. The number of aliphatic hydroxyl groups is 1. The maximum Gasteiger partial charge on any atom is 0.266 e. The third-order valence-electron chi connectivity index (χ3n) is 6.33. The lowest BCUT2D eigenvalue weighted by atomic mass is 9.84. The van der Waals surface area contributed by atoms with Crippen LogP contribution in [0.3, 0.4) is 0 Å². The predicted molar refractivity (Wildman–Crippen MR) is 157 cm³/mol. The van der Waals surface area contributed by atoms with Crippen LogP contribution in [-0.2, 0) is 16.0 Å². The number of aliphatic hydroxyl groups excluding tert-OH is 1.